The van der Waals surface area contributed by atoms with E-state index in [9.17, 15) is 4.79 Å². The van der Waals surface area contributed by atoms with E-state index in [1.807, 2.05) is 31.4 Å². The van der Waals surface area contributed by atoms with E-state index in [-0.39, 0.29) is 12.6 Å². The lowest BCUT2D eigenvalue weighted by Gasteiger charge is -2.07. The predicted octanol–water partition coefficient (Wildman–Crippen LogP) is 1.49. The lowest BCUT2D eigenvalue weighted by Crippen LogP contribution is -2.14. The average Bonchev–Trinajstić information content (AvgIpc) is 2.87. The van der Waals surface area contributed by atoms with Gasteiger partial charge in [-0.25, -0.2) is 4.79 Å². The van der Waals surface area contributed by atoms with E-state index in [4.69, 9.17) is 15.2 Å². The lowest BCUT2D eigenvalue weighted by molar-refractivity contribution is -0.145. The summed E-state index contributed by atoms with van der Waals surface area (Å²) >= 11 is 0. The zero-order valence-corrected chi connectivity index (χ0v) is 12.2. The summed E-state index contributed by atoms with van der Waals surface area (Å²) in [4.78, 5) is 11.3. The molecule has 0 amide bonds. The molecule has 0 radical (unpaired) electrons. The molecule has 0 unspecified atom stereocenters. The summed E-state index contributed by atoms with van der Waals surface area (Å²) in [6, 6.07) is 7.40. The SMILES string of the molecule is CCOC(=O)COc1cccc(-c2nn(C)cc2CN)c1. The number of rotatable bonds is 6. The first-order chi connectivity index (χ1) is 10.1. The maximum atomic E-state index is 11.3. The van der Waals surface area contributed by atoms with E-state index in [1.54, 1.807) is 17.7 Å². The maximum Gasteiger partial charge on any atom is 0.344 e. The Kier molecular flexibility index (Phi) is 4.94. The lowest BCUT2D eigenvalue weighted by atomic mass is 10.1. The molecule has 112 valence electrons. The van der Waals surface area contributed by atoms with Crippen molar-refractivity contribution in [3.8, 4) is 17.0 Å². The second-order valence-corrected chi connectivity index (χ2v) is 4.50. The van der Waals surface area contributed by atoms with Gasteiger partial charge in [-0.3, -0.25) is 4.68 Å². The van der Waals surface area contributed by atoms with Gasteiger partial charge in [0.05, 0.1) is 12.3 Å². The number of nitrogens with zero attached hydrogens (tertiary/aromatic N) is 2. The standard InChI is InChI=1S/C15H19N3O3/c1-3-20-14(19)10-21-13-6-4-5-11(7-13)15-12(8-16)9-18(2)17-15/h4-7,9H,3,8,10,16H2,1-2H3. The first kappa shape index (κ1) is 15.1. The molecule has 6 heteroatoms. The smallest absolute Gasteiger partial charge is 0.344 e. The van der Waals surface area contributed by atoms with Crippen molar-refractivity contribution in [2.75, 3.05) is 13.2 Å². The first-order valence-electron chi connectivity index (χ1n) is 6.75. The summed E-state index contributed by atoms with van der Waals surface area (Å²) in [6.45, 7) is 2.41. The molecule has 21 heavy (non-hydrogen) atoms. The molecule has 0 aliphatic heterocycles. The first-order valence-corrected chi connectivity index (χ1v) is 6.75. The summed E-state index contributed by atoms with van der Waals surface area (Å²) in [5, 5.41) is 4.41. The second-order valence-electron chi connectivity index (χ2n) is 4.50. The molecule has 0 atom stereocenters. The summed E-state index contributed by atoms with van der Waals surface area (Å²) in [6.07, 6.45) is 1.89. The monoisotopic (exact) mass is 289 g/mol. The fraction of sp³-hybridized carbons (Fsp3) is 0.333. The van der Waals surface area contributed by atoms with E-state index >= 15 is 0 Å². The third-order valence-corrected chi connectivity index (χ3v) is 2.89. The number of aromatic nitrogens is 2. The van der Waals surface area contributed by atoms with Gasteiger partial charge in [0.15, 0.2) is 6.61 Å². The Labute approximate surface area is 123 Å². The molecular formula is C15H19N3O3. The van der Waals surface area contributed by atoms with Crippen LogP contribution in [0.2, 0.25) is 0 Å². The van der Waals surface area contributed by atoms with Crippen LogP contribution in [0.15, 0.2) is 30.5 Å². The normalized spacial score (nSPS) is 10.4. The molecule has 0 saturated carbocycles. The number of ether oxygens (including phenoxy) is 2. The predicted molar refractivity (Wildman–Crippen MR) is 78.7 cm³/mol. The Balaban J connectivity index is 2.15. The highest BCUT2D eigenvalue weighted by atomic mass is 16.6. The fourth-order valence-electron chi connectivity index (χ4n) is 2.01. The van der Waals surface area contributed by atoms with E-state index in [1.165, 1.54) is 0 Å². The van der Waals surface area contributed by atoms with Crippen LogP contribution in [0.5, 0.6) is 5.75 Å². The van der Waals surface area contributed by atoms with Gasteiger partial charge < -0.3 is 15.2 Å². The molecule has 0 fully saturated rings. The van der Waals surface area contributed by atoms with Gasteiger partial charge in [-0.05, 0) is 19.1 Å². The molecule has 2 N–H and O–H groups in total. The quantitative estimate of drug-likeness (QED) is 0.815. The number of aryl methyl sites for hydroxylation is 1. The molecular weight excluding hydrogens is 270 g/mol. The van der Waals surface area contributed by atoms with Crippen LogP contribution in [0.4, 0.5) is 0 Å². The van der Waals surface area contributed by atoms with Crippen LogP contribution in [-0.2, 0) is 23.1 Å². The van der Waals surface area contributed by atoms with Crippen molar-refractivity contribution in [1.29, 1.82) is 0 Å². The molecule has 1 heterocycles. The molecule has 0 spiro atoms. The molecule has 0 aliphatic rings. The third kappa shape index (κ3) is 3.82. The van der Waals surface area contributed by atoms with Gasteiger partial charge in [0.2, 0.25) is 0 Å². The Morgan fingerprint density at radius 3 is 2.95 bits per heavy atom. The summed E-state index contributed by atoms with van der Waals surface area (Å²) in [7, 11) is 1.85. The Bertz CT molecular complexity index is 622. The average molecular weight is 289 g/mol. The number of nitrogens with two attached hydrogens (primary N) is 1. The highest BCUT2D eigenvalue weighted by Gasteiger charge is 2.10. The summed E-state index contributed by atoms with van der Waals surface area (Å²) in [5.74, 6) is 0.206. The molecule has 1 aromatic carbocycles. The zero-order chi connectivity index (χ0) is 15.2. The number of benzene rings is 1. The van der Waals surface area contributed by atoms with Crippen LogP contribution in [0.25, 0.3) is 11.3 Å². The largest absolute Gasteiger partial charge is 0.482 e. The molecule has 2 rings (SSSR count). The molecule has 1 aromatic heterocycles. The molecule has 0 saturated heterocycles. The second kappa shape index (κ2) is 6.90. The van der Waals surface area contributed by atoms with E-state index in [0.29, 0.717) is 18.9 Å². The zero-order valence-electron chi connectivity index (χ0n) is 12.2. The van der Waals surface area contributed by atoms with Crippen LogP contribution in [0.1, 0.15) is 12.5 Å². The minimum absolute atomic E-state index is 0.108. The van der Waals surface area contributed by atoms with E-state index in [0.717, 1.165) is 16.8 Å². The van der Waals surface area contributed by atoms with Gasteiger partial charge in [0.1, 0.15) is 5.75 Å². The van der Waals surface area contributed by atoms with Gasteiger partial charge in [-0.1, -0.05) is 12.1 Å². The maximum absolute atomic E-state index is 11.3. The molecule has 2 aromatic rings. The van der Waals surface area contributed by atoms with Crippen molar-refractivity contribution < 1.29 is 14.3 Å². The Morgan fingerprint density at radius 1 is 1.43 bits per heavy atom. The van der Waals surface area contributed by atoms with Gasteiger partial charge in [0, 0.05) is 30.9 Å². The van der Waals surface area contributed by atoms with Crippen molar-refractivity contribution in [2.24, 2.45) is 12.8 Å². The molecule has 6 nitrogen and oxygen atoms in total. The van der Waals surface area contributed by atoms with Crippen molar-refractivity contribution in [2.45, 2.75) is 13.5 Å². The minimum Gasteiger partial charge on any atom is -0.482 e. The third-order valence-electron chi connectivity index (χ3n) is 2.89. The minimum atomic E-state index is -0.386. The van der Waals surface area contributed by atoms with E-state index in [2.05, 4.69) is 5.10 Å². The van der Waals surface area contributed by atoms with Crippen molar-refractivity contribution in [3.05, 3.63) is 36.0 Å². The van der Waals surface area contributed by atoms with Crippen molar-refractivity contribution in [1.82, 2.24) is 9.78 Å². The number of hydrogen-bond acceptors (Lipinski definition) is 5. The highest BCUT2D eigenvalue weighted by molar-refractivity contribution is 5.71. The molecule has 0 aliphatic carbocycles. The van der Waals surface area contributed by atoms with Gasteiger partial charge in [0.25, 0.3) is 0 Å². The summed E-state index contributed by atoms with van der Waals surface area (Å²) in [5.41, 5.74) is 8.40. The van der Waals surface area contributed by atoms with E-state index < -0.39 is 0 Å². The van der Waals surface area contributed by atoms with Crippen LogP contribution >= 0.6 is 0 Å². The van der Waals surface area contributed by atoms with Crippen LogP contribution in [-0.4, -0.2) is 29.0 Å². The van der Waals surface area contributed by atoms with Crippen molar-refractivity contribution >= 4 is 5.97 Å². The van der Waals surface area contributed by atoms with Gasteiger partial charge in [-0.15, -0.1) is 0 Å². The Morgan fingerprint density at radius 2 is 2.24 bits per heavy atom. The van der Waals surface area contributed by atoms with Crippen LogP contribution < -0.4 is 10.5 Å². The van der Waals surface area contributed by atoms with Gasteiger partial charge >= 0.3 is 5.97 Å². The highest BCUT2D eigenvalue weighted by Crippen LogP contribution is 2.25. The summed E-state index contributed by atoms with van der Waals surface area (Å²) < 4.78 is 12.0. The van der Waals surface area contributed by atoms with Gasteiger partial charge in [-0.2, -0.15) is 5.10 Å². The topological polar surface area (TPSA) is 79.4 Å². The van der Waals surface area contributed by atoms with Crippen molar-refractivity contribution in [3.63, 3.8) is 0 Å². The molecule has 0 bridgehead atoms. The number of carbonyl (C=O) groups excluding carboxylic acids is 1. The number of esters is 1. The fourth-order valence-corrected chi connectivity index (χ4v) is 2.01. The van der Waals surface area contributed by atoms with Crippen LogP contribution in [0, 0.1) is 0 Å². The number of hydrogen-bond donors (Lipinski definition) is 1. The van der Waals surface area contributed by atoms with Crippen LogP contribution in [0.3, 0.4) is 0 Å². The number of carbonyl (C=O) groups is 1. The Hall–Kier alpha value is -2.34.